The highest BCUT2D eigenvalue weighted by molar-refractivity contribution is 9.10. The number of rotatable bonds is 3. The number of hydrogen-bond donors (Lipinski definition) is 0. The Hall–Kier alpha value is -0.880. The van der Waals surface area contributed by atoms with E-state index in [-0.39, 0.29) is 10.6 Å². The monoisotopic (exact) mass is 328 g/mol. The summed E-state index contributed by atoms with van der Waals surface area (Å²) >= 11 is 8.76. The zero-order valence-electron chi connectivity index (χ0n) is 8.15. The first-order valence-corrected chi connectivity index (χ1v) is 5.47. The van der Waals surface area contributed by atoms with Gasteiger partial charge in [0.2, 0.25) is 5.78 Å². The summed E-state index contributed by atoms with van der Waals surface area (Å²) in [6.45, 7) is 0. The fourth-order valence-corrected chi connectivity index (χ4v) is 1.84. The summed E-state index contributed by atoms with van der Waals surface area (Å²) in [6, 6.07) is 4.09. The smallest absolute Gasteiger partial charge is 0.294 e. The van der Waals surface area contributed by atoms with Crippen molar-refractivity contribution in [3.05, 3.63) is 33.3 Å². The fourth-order valence-electron chi connectivity index (χ4n) is 1.06. The Balaban J connectivity index is 2.88. The van der Waals surface area contributed by atoms with Crippen LogP contribution >= 0.6 is 27.5 Å². The molecule has 1 rings (SSSR count). The van der Waals surface area contributed by atoms with Crippen molar-refractivity contribution in [1.29, 1.82) is 0 Å². The molecule has 0 aliphatic rings. The number of ketones is 2. The predicted molar refractivity (Wildman–Crippen MR) is 59.2 cm³/mol. The third-order valence-electron chi connectivity index (χ3n) is 1.87. The fraction of sp³-hybridized carbons (Fsp3) is 0.200. The number of alkyl halides is 3. The van der Waals surface area contributed by atoms with Crippen LogP contribution < -0.4 is 0 Å². The van der Waals surface area contributed by atoms with Gasteiger partial charge in [0.1, 0.15) is 0 Å². The lowest BCUT2D eigenvalue weighted by Crippen LogP contribution is -2.25. The molecule has 0 N–H and O–H groups in total. The van der Waals surface area contributed by atoms with Gasteiger partial charge in [0.05, 0.1) is 11.4 Å². The van der Waals surface area contributed by atoms with E-state index in [1.807, 2.05) is 0 Å². The van der Waals surface area contributed by atoms with Crippen molar-refractivity contribution in [2.24, 2.45) is 0 Å². The van der Waals surface area contributed by atoms with E-state index in [2.05, 4.69) is 15.9 Å². The summed E-state index contributed by atoms with van der Waals surface area (Å²) < 4.78 is 36.4. The minimum absolute atomic E-state index is 0.000602. The van der Waals surface area contributed by atoms with E-state index in [1.165, 1.54) is 18.2 Å². The van der Waals surface area contributed by atoms with Gasteiger partial charge in [-0.1, -0.05) is 27.5 Å². The van der Waals surface area contributed by atoms with Crippen LogP contribution in [0.2, 0.25) is 5.02 Å². The van der Waals surface area contributed by atoms with Crippen molar-refractivity contribution in [2.45, 2.75) is 12.6 Å². The minimum Gasteiger partial charge on any atom is -0.294 e. The van der Waals surface area contributed by atoms with Crippen LogP contribution in [0, 0.1) is 0 Å². The molecule has 92 valence electrons. The maximum atomic E-state index is 11.9. The Bertz CT molecular complexity index is 471. The normalized spacial score (nSPS) is 11.4. The van der Waals surface area contributed by atoms with E-state index < -0.39 is 24.2 Å². The largest absolute Gasteiger partial charge is 0.450 e. The molecular formula is C10H5BrClF3O2. The molecule has 0 amide bonds. The summed E-state index contributed by atoms with van der Waals surface area (Å²) in [4.78, 5) is 22.0. The van der Waals surface area contributed by atoms with Gasteiger partial charge in [-0.05, 0) is 18.2 Å². The molecule has 1 aromatic rings. The number of benzene rings is 1. The molecule has 0 aromatic heterocycles. The Kier molecular flexibility index (Phi) is 4.32. The molecule has 0 bridgehead atoms. The van der Waals surface area contributed by atoms with Crippen LogP contribution in [0.3, 0.4) is 0 Å². The highest BCUT2D eigenvalue weighted by Gasteiger charge is 2.39. The van der Waals surface area contributed by atoms with Gasteiger partial charge in [-0.2, -0.15) is 13.2 Å². The number of carbonyl (C=O) groups is 2. The molecule has 0 heterocycles. The molecule has 0 saturated carbocycles. The summed E-state index contributed by atoms with van der Waals surface area (Å²) in [5.74, 6) is -3.04. The quantitative estimate of drug-likeness (QED) is 0.624. The van der Waals surface area contributed by atoms with Crippen molar-refractivity contribution in [1.82, 2.24) is 0 Å². The zero-order chi connectivity index (χ0) is 13.2. The van der Waals surface area contributed by atoms with Gasteiger partial charge in [0, 0.05) is 10.0 Å². The van der Waals surface area contributed by atoms with Crippen LogP contribution in [0.25, 0.3) is 0 Å². The lowest BCUT2D eigenvalue weighted by molar-refractivity contribution is -0.170. The van der Waals surface area contributed by atoms with Gasteiger partial charge >= 0.3 is 6.18 Å². The highest BCUT2D eigenvalue weighted by atomic mass is 79.9. The molecule has 0 radical (unpaired) electrons. The van der Waals surface area contributed by atoms with E-state index >= 15 is 0 Å². The maximum absolute atomic E-state index is 11.9. The molecule has 0 aliphatic heterocycles. The van der Waals surface area contributed by atoms with Crippen molar-refractivity contribution in [3.8, 4) is 0 Å². The minimum atomic E-state index is -5.00. The number of Topliss-reactive ketones (excluding diaryl/α,β-unsaturated/α-hetero) is 2. The Morgan fingerprint density at radius 1 is 1.29 bits per heavy atom. The Morgan fingerprint density at radius 3 is 2.35 bits per heavy atom. The molecular weight excluding hydrogens is 324 g/mol. The van der Waals surface area contributed by atoms with E-state index in [1.54, 1.807) is 0 Å². The number of hydrogen-bond acceptors (Lipinski definition) is 2. The summed E-state index contributed by atoms with van der Waals surface area (Å²) in [7, 11) is 0. The van der Waals surface area contributed by atoms with Crippen LogP contribution in [0.1, 0.15) is 16.8 Å². The average molecular weight is 329 g/mol. The SMILES string of the molecule is O=C(CC(=O)C(F)(F)F)c1ccc(Br)cc1Cl. The van der Waals surface area contributed by atoms with E-state index in [0.717, 1.165) is 0 Å². The van der Waals surface area contributed by atoms with Gasteiger partial charge in [0.25, 0.3) is 0 Å². The Labute approximate surface area is 108 Å². The highest BCUT2D eigenvalue weighted by Crippen LogP contribution is 2.24. The van der Waals surface area contributed by atoms with Crippen molar-refractivity contribution in [2.75, 3.05) is 0 Å². The molecule has 1 aromatic carbocycles. The Morgan fingerprint density at radius 2 is 1.88 bits per heavy atom. The molecule has 17 heavy (non-hydrogen) atoms. The standard InChI is InChI=1S/C10H5BrClF3O2/c11-5-1-2-6(7(12)3-5)8(16)4-9(17)10(13,14)15/h1-3H,4H2. The van der Waals surface area contributed by atoms with Gasteiger partial charge in [0.15, 0.2) is 5.78 Å². The van der Waals surface area contributed by atoms with Gasteiger partial charge in [-0.15, -0.1) is 0 Å². The molecule has 0 aliphatic carbocycles. The zero-order valence-corrected chi connectivity index (χ0v) is 10.5. The maximum Gasteiger partial charge on any atom is 0.450 e. The average Bonchev–Trinajstić information content (AvgIpc) is 2.15. The predicted octanol–water partition coefficient (Wildman–Crippen LogP) is 3.81. The first-order valence-electron chi connectivity index (χ1n) is 4.30. The van der Waals surface area contributed by atoms with Crippen LogP contribution in [0.15, 0.2) is 22.7 Å². The molecule has 0 spiro atoms. The molecule has 0 unspecified atom stereocenters. The second kappa shape index (κ2) is 5.18. The van der Waals surface area contributed by atoms with Crippen LogP contribution in [0.4, 0.5) is 13.2 Å². The number of carbonyl (C=O) groups excluding carboxylic acids is 2. The lowest BCUT2D eigenvalue weighted by atomic mass is 10.1. The van der Waals surface area contributed by atoms with E-state index in [0.29, 0.717) is 4.47 Å². The third-order valence-corrected chi connectivity index (χ3v) is 2.67. The molecule has 7 heteroatoms. The van der Waals surface area contributed by atoms with Crippen molar-refractivity contribution in [3.63, 3.8) is 0 Å². The van der Waals surface area contributed by atoms with Crippen LogP contribution in [0.5, 0.6) is 0 Å². The lowest BCUT2D eigenvalue weighted by Gasteiger charge is -2.06. The van der Waals surface area contributed by atoms with E-state index in [9.17, 15) is 22.8 Å². The summed E-state index contributed by atoms with van der Waals surface area (Å²) in [6.07, 6.45) is -6.23. The number of halogens is 5. The van der Waals surface area contributed by atoms with Gasteiger partial charge in [-0.3, -0.25) is 9.59 Å². The first-order chi connectivity index (χ1) is 7.71. The molecule has 0 fully saturated rings. The van der Waals surface area contributed by atoms with E-state index in [4.69, 9.17) is 11.6 Å². The van der Waals surface area contributed by atoms with Crippen LogP contribution in [-0.2, 0) is 4.79 Å². The second-order valence-electron chi connectivity index (χ2n) is 3.15. The van der Waals surface area contributed by atoms with Crippen molar-refractivity contribution >= 4 is 39.1 Å². The third kappa shape index (κ3) is 3.81. The molecule has 0 saturated heterocycles. The second-order valence-corrected chi connectivity index (χ2v) is 4.47. The van der Waals surface area contributed by atoms with Gasteiger partial charge < -0.3 is 0 Å². The summed E-state index contributed by atoms with van der Waals surface area (Å²) in [5, 5.41) is -0.000602. The van der Waals surface area contributed by atoms with Crippen molar-refractivity contribution < 1.29 is 22.8 Å². The molecule has 0 atom stereocenters. The van der Waals surface area contributed by atoms with Crippen LogP contribution in [-0.4, -0.2) is 17.7 Å². The van der Waals surface area contributed by atoms with Gasteiger partial charge in [-0.25, -0.2) is 0 Å². The summed E-state index contributed by atoms with van der Waals surface area (Å²) in [5.41, 5.74) is -0.104. The topological polar surface area (TPSA) is 34.1 Å². The first kappa shape index (κ1) is 14.2. The molecule has 2 nitrogen and oxygen atoms in total.